The fraction of sp³-hybridized carbons (Fsp3) is 0.682. The van der Waals surface area contributed by atoms with Crippen molar-refractivity contribution in [2.75, 3.05) is 33.2 Å². The van der Waals surface area contributed by atoms with Gasteiger partial charge in [-0.15, -0.1) is 0 Å². The third-order valence-electron chi connectivity index (χ3n) is 6.12. The number of piperidine rings is 1. The molecule has 1 saturated heterocycles. The second-order valence-corrected chi connectivity index (χ2v) is 7.95. The monoisotopic (exact) mass is 342 g/mol. The summed E-state index contributed by atoms with van der Waals surface area (Å²) in [4.78, 5) is 17.8. The number of hydrogen-bond acceptors (Lipinski definition) is 2. The van der Waals surface area contributed by atoms with E-state index in [0.29, 0.717) is 11.8 Å². The molecule has 0 radical (unpaired) electrons. The number of likely N-dealkylation sites (N-methyl/N-ethyl adjacent to an activating group) is 1. The van der Waals surface area contributed by atoms with Gasteiger partial charge in [0.1, 0.15) is 0 Å². The van der Waals surface area contributed by atoms with Gasteiger partial charge in [0.2, 0.25) is 5.91 Å². The van der Waals surface area contributed by atoms with E-state index >= 15 is 0 Å². The van der Waals surface area contributed by atoms with Gasteiger partial charge >= 0.3 is 0 Å². The Morgan fingerprint density at radius 1 is 1.04 bits per heavy atom. The molecule has 1 aromatic rings. The summed E-state index contributed by atoms with van der Waals surface area (Å²) in [7, 11) is 2.01. The van der Waals surface area contributed by atoms with Gasteiger partial charge in [0.25, 0.3) is 0 Å². The molecule has 3 nitrogen and oxygen atoms in total. The lowest BCUT2D eigenvalue weighted by Gasteiger charge is -2.34. The maximum absolute atomic E-state index is 13.3. The first-order valence-corrected chi connectivity index (χ1v) is 10.3. The lowest BCUT2D eigenvalue weighted by atomic mass is 9.76. The largest absolute Gasteiger partial charge is 0.344 e. The van der Waals surface area contributed by atoms with E-state index in [0.717, 1.165) is 13.1 Å². The van der Waals surface area contributed by atoms with Crippen LogP contribution in [0.15, 0.2) is 30.3 Å². The van der Waals surface area contributed by atoms with Crippen LogP contribution in [0, 0.1) is 5.92 Å². The minimum Gasteiger partial charge on any atom is -0.344 e. The smallest absolute Gasteiger partial charge is 0.230 e. The standard InChI is InChI=1S/C22H34N2O/c1-23(17-18-24-15-9-4-10-16-24)22(25)21(19-11-5-2-6-12-19)20-13-7-3-8-14-20/h2,5-6,11-12,20-21H,3-4,7-10,13-18H2,1H3. The van der Waals surface area contributed by atoms with Crippen molar-refractivity contribution in [1.82, 2.24) is 9.80 Å². The van der Waals surface area contributed by atoms with Crippen LogP contribution in [0.25, 0.3) is 0 Å². The highest BCUT2D eigenvalue weighted by molar-refractivity contribution is 5.84. The van der Waals surface area contributed by atoms with Gasteiger partial charge < -0.3 is 9.80 Å². The number of carbonyl (C=O) groups is 1. The molecule has 0 N–H and O–H groups in total. The molecule has 1 aliphatic heterocycles. The number of carbonyl (C=O) groups excluding carboxylic acids is 1. The first kappa shape index (κ1) is 18.4. The number of rotatable bonds is 6. The highest BCUT2D eigenvalue weighted by Crippen LogP contribution is 2.37. The molecule has 1 unspecified atom stereocenters. The Hall–Kier alpha value is -1.35. The van der Waals surface area contributed by atoms with E-state index in [2.05, 4.69) is 29.2 Å². The van der Waals surface area contributed by atoms with E-state index in [1.54, 1.807) is 0 Å². The molecular formula is C22H34N2O. The molecule has 3 rings (SSSR count). The molecule has 1 heterocycles. The number of hydrogen-bond donors (Lipinski definition) is 0. The molecule has 2 fully saturated rings. The van der Waals surface area contributed by atoms with Crippen LogP contribution in [0.3, 0.4) is 0 Å². The first-order valence-electron chi connectivity index (χ1n) is 10.3. The van der Waals surface area contributed by atoms with Gasteiger partial charge in [-0.2, -0.15) is 0 Å². The van der Waals surface area contributed by atoms with Crippen LogP contribution < -0.4 is 0 Å². The van der Waals surface area contributed by atoms with Crippen molar-refractivity contribution in [3.8, 4) is 0 Å². The molecule has 0 bridgehead atoms. The Kier molecular flexibility index (Phi) is 6.92. The SMILES string of the molecule is CN(CCN1CCCCC1)C(=O)C(c1ccccc1)C1CCCCC1. The van der Waals surface area contributed by atoms with E-state index < -0.39 is 0 Å². The predicted molar refractivity (Wildman–Crippen MR) is 104 cm³/mol. The molecule has 1 saturated carbocycles. The molecule has 1 atom stereocenters. The number of nitrogens with zero attached hydrogens (tertiary/aromatic N) is 2. The number of benzene rings is 1. The average Bonchev–Trinajstić information content (AvgIpc) is 2.69. The van der Waals surface area contributed by atoms with Crippen molar-refractivity contribution in [1.29, 1.82) is 0 Å². The van der Waals surface area contributed by atoms with Gasteiger partial charge in [-0.05, 0) is 50.3 Å². The van der Waals surface area contributed by atoms with Crippen LogP contribution in [-0.2, 0) is 4.79 Å². The highest BCUT2D eigenvalue weighted by Gasteiger charge is 2.32. The fourth-order valence-corrected chi connectivity index (χ4v) is 4.57. The first-order chi connectivity index (χ1) is 12.3. The Morgan fingerprint density at radius 2 is 1.68 bits per heavy atom. The second kappa shape index (κ2) is 9.38. The molecule has 138 valence electrons. The van der Waals surface area contributed by atoms with Crippen molar-refractivity contribution in [3.63, 3.8) is 0 Å². The highest BCUT2D eigenvalue weighted by atomic mass is 16.2. The predicted octanol–water partition coefficient (Wildman–Crippen LogP) is 4.29. The summed E-state index contributed by atoms with van der Waals surface area (Å²) in [5.41, 5.74) is 1.21. The average molecular weight is 343 g/mol. The maximum Gasteiger partial charge on any atom is 0.230 e. The molecule has 0 aromatic heterocycles. The summed E-state index contributed by atoms with van der Waals surface area (Å²) in [6.07, 6.45) is 10.3. The van der Waals surface area contributed by atoms with E-state index in [4.69, 9.17) is 0 Å². The lowest BCUT2D eigenvalue weighted by Crippen LogP contribution is -2.41. The van der Waals surface area contributed by atoms with Crippen molar-refractivity contribution in [3.05, 3.63) is 35.9 Å². The number of likely N-dealkylation sites (tertiary alicyclic amines) is 1. The van der Waals surface area contributed by atoms with E-state index in [1.165, 1.54) is 70.0 Å². The quantitative estimate of drug-likeness (QED) is 0.770. The second-order valence-electron chi connectivity index (χ2n) is 7.95. The van der Waals surface area contributed by atoms with Gasteiger partial charge in [-0.25, -0.2) is 0 Å². The summed E-state index contributed by atoms with van der Waals surface area (Å²) in [5, 5.41) is 0. The molecule has 3 heteroatoms. The van der Waals surface area contributed by atoms with Gasteiger partial charge in [0.15, 0.2) is 0 Å². The Labute approximate surface area is 153 Å². The summed E-state index contributed by atoms with van der Waals surface area (Å²) >= 11 is 0. The van der Waals surface area contributed by atoms with Crippen LogP contribution in [0.4, 0.5) is 0 Å². The zero-order valence-corrected chi connectivity index (χ0v) is 15.8. The van der Waals surface area contributed by atoms with Crippen LogP contribution in [0.1, 0.15) is 62.8 Å². The van der Waals surface area contributed by atoms with Gasteiger partial charge in [-0.1, -0.05) is 56.0 Å². The summed E-state index contributed by atoms with van der Waals surface area (Å²) in [5.74, 6) is 0.893. The van der Waals surface area contributed by atoms with Crippen LogP contribution in [0.5, 0.6) is 0 Å². The van der Waals surface area contributed by atoms with E-state index in [-0.39, 0.29) is 5.92 Å². The summed E-state index contributed by atoms with van der Waals surface area (Å²) < 4.78 is 0. The minimum absolute atomic E-state index is 0.0489. The van der Waals surface area contributed by atoms with Crippen molar-refractivity contribution < 1.29 is 4.79 Å². The van der Waals surface area contributed by atoms with Gasteiger partial charge in [0.05, 0.1) is 5.92 Å². The lowest BCUT2D eigenvalue weighted by molar-refractivity contribution is -0.133. The molecule has 1 amide bonds. The van der Waals surface area contributed by atoms with Gasteiger partial charge in [-0.3, -0.25) is 4.79 Å². The minimum atomic E-state index is 0.0489. The zero-order valence-electron chi connectivity index (χ0n) is 15.8. The fourth-order valence-electron chi connectivity index (χ4n) is 4.57. The summed E-state index contributed by atoms with van der Waals surface area (Å²) in [6, 6.07) is 10.5. The Bertz CT molecular complexity index is 518. The molecular weight excluding hydrogens is 308 g/mol. The zero-order chi connectivity index (χ0) is 17.5. The molecule has 2 aliphatic rings. The van der Waals surface area contributed by atoms with E-state index in [9.17, 15) is 4.79 Å². The number of amides is 1. The normalized spacial score (nSPS) is 21.0. The third-order valence-corrected chi connectivity index (χ3v) is 6.12. The Balaban J connectivity index is 1.65. The van der Waals surface area contributed by atoms with Gasteiger partial charge in [0, 0.05) is 20.1 Å². The summed E-state index contributed by atoms with van der Waals surface area (Å²) in [6.45, 7) is 4.28. The van der Waals surface area contributed by atoms with Crippen LogP contribution in [-0.4, -0.2) is 48.9 Å². The van der Waals surface area contributed by atoms with E-state index in [1.807, 2.05) is 18.0 Å². The molecule has 1 aliphatic carbocycles. The molecule has 0 spiro atoms. The topological polar surface area (TPSA) is 23.6 Å². The van der Waals surface area contributed by atoms with Crippen molar-refractivity contribution in [2.45, 2.75) is 57.3 Å². The van der Waals surface area contributed by atoms with Crippen molar-refractivity contribution >= 4 is 5.91 Å². The molecule has 1 aromatic carbocycles. The maximum atomic E-state index is 13.3. The van der Waals surface area contributed by atoms with Crippen LogP contribution in [0.2, 0.25) is 0 Å². The van der Waals surface area contributed by atoms with Crippen molar-refractivity contribution in [2.24, 2.45) is 5.92 Å². The Morgan fingerprint density at radius 3 is 2.36 bits per heavy atom. The molecule has 25 heavy (non-hydrogen) atoms. The third kappa shape index (κ3) is 5.07. The van der Waals surface area contributed by atoms with Crippen LogP contribution >= 0.6 is 0 Å².